The molecule has 0 aliphatic rings. The van der Waals surface area contributed by atoms with Crippen LogP contribution in [0.4, 0.5) is 4.79 Å². The Morgan fingerprint density at radius 2 is 1.80 bits per heavy atom. The first kappa shape index (κ1) is 13.7. The molecule has 0 bridgehead atoms. The van der Waals surface area contributed by atoms with Crippen LogP contribution in [0, 0.1) is 0 Å². The van der Waals surface area contributed by atoms with Gasteiger partial charge in [0.15, 0.2) is 0 Å². The second kappa shape index (κ2) is 8.08. The molecule has 0 aromatic carbocycles. The zero-order chi connectivity index (χ0) is 11.7. The van der Waals surface area contributed by atoms with Gasteiger partial charge in [0.25, 0.3) is 0 Å². The number of amides is 3. The van der Waals surface area contributed by atoms with Gasteiger partial charge < -0.3 is 15.5 Å². The Labute approximate surface area is 91.2 Å². The van der Waals surface area contributed by atoms with Gasteiger partial charge in [0.05, 0.1) is 0 Å². The van der Waals surface area contributed by atoms with Crippen LogP contribution in [0.15, 0.2) is 0 Å². The van der Waals surface area contributed by atoms with Gasteiger partial charge in [-0.1, -0.05) is 0 Å². The SMILES string of the molecule is CCN(CC)C(=O)CCCNC(=O)NC. The molecule has 15 heavy (non-hydrogen) atoms. The van der Waals surface area contributed by atoms with Gasteiger partial charge in [0, 0.05) is 33.1 Å². The minimum Gasteiger partial charge on any atom is -0.343 e. The first-order valence-electron chi connectivity index (χ1n) is 5.39. The number of hydrogen-bond donors (Lipinski definition) is 2. The second-order valence-corrected chi connectivity index (χ2v) is 3.18. The van der Waals surface area contributed by atoms with E-state index in [2.05, 4.69) is 10.6 Å². The summed E-state index contributed by atoms with van der Waals surface area (Å²) >= 11 is 0. The largest absolute Gasteiger partial charge is 0.343 e. The van der Waals surface area contributed by atoms with Crippen LogP contribution in [0.2, 0.25) is 0 Å². The molecule has 0 saturated carbocycles. The monoisotopic (exact) mass is 215 g/mol. The lowest BCUT2D eigenvalue weighted by atomic mass is 10.2. The van der Waals surface area contributed by atoms with Crippen molar-refractivity contribution >= 4 is 11.9 Å². The van der Waals surface area contributed by atoms with Gasteiger partial charge in [0.1, 0.15) is 0 Å². The highest BCUT2D eigenvalue weighted by Gasteiger charge is 2.08. The molecule has 5 nitrogen and oxygen atoms in total. The summed E-state index contributed by atoms with van der Waals surface area (Å²) in [5.41, 5.74) is 0. The van der Waals surface area contributed by atoms with E-state index >= 15 is 0 Å². The van der Waals surface area contributed by atoms with Crippen LogP contribution in [-0.2, 0) is 4.79 Å². The molecule has 5 heteroatoms. The van der Waals surface area contributed by atoms with Crippen LogP contribution < -0.4 is 10.6 Å². The van der Waals surface area contributed by atoms with E-state index in [1.807, 2.05) is 13.8 Å². The summed E-state index contributed by atoms with van der Waals surface area (Å²) in [5.74, 6) is 0.152. The summed E-state index contributed by atoms with van der Waals surface area (Å²) in [6.07, 6.45) is 1.18. The maximum absolute atomic E-state index is 11.5. The second-order valence-electron chi connectivity index (χ2n) is 3.18. The Balaban J connectivity index is 3.58. The zero-order valence-corrected chi connectivity index (χ0v) is 9.80. The van der Waals surface area contributed by atoms with Crippen molar-refractivity contribution in [3.05, 3.63) is 0 Å². The summed E-state index contributed by atoms with van der Waals surface area (Å²) in [6.45, 7) is 5.96. The van der Waals surface area contributed by atoms with Crippen molar-refractivity contribution in [1.82, 2.24) is 15.5 Å². The fourth-order valence-corrected chi connectivity index (χ4v) is 1.26. The average Bonchev–Trinajstić information content (AvgIpc) is 2.25. The van der Waals surface area contributed by atoms with Crippen molar-refractivity contribution < 1.29 is 9.59 Å². The van der Waals surface area contributed by atoms with E-state index in [1.165, 1.54) is 0 Å². The fourth-order valence-electron chi connectivity index (χ4n) is 1.26. The van der Waals surface area contributed by atoms with Gasteiger partial charge in [0.2, 0.25) is 5.91 Å². The normalized spacial score (nSPS) is 9.53. The van der Waals surface area contributed by atoms with Crippen molar-refractivity contribution in [2.75, 3.05) is 26.7 Å². The third-order valence-electron chi connectivity index (χ3n) is 2.20. The van der Waals surface area contributed by atoms with Gasteiger partial charge in [-0.3, -0.25) is 4.79 Å². The number of nitrogens with zero attached hydrogens (tertiary/aromatic N) is 1. The van der Waals surface area contributed by atoms with E-state index in [1.54, 1.807) is 11.9 Å². The van der Waals surface area contributed by atoms with Crippen LogP contribution in [0.25, 0.3) is 0 Å². The van der Waals surface area contributed by atoms with Crippen LogP contribution in [0.3, 0.4) is 0 Å². The van der Waals surface area contributed by atoms with Gasteiger partial charge in [-0.25, -0.2) is 4.79 Å². The maximum atomic E-state index is 11.5. The number of hydrogen-bond acceptors (Lipinski definition) is 2. The number of carbonyl (C=O) groups is 2. The molecular weight excluding hydrogens is 194 g/mol. The maximum Gasteiger partial charge on any atom is 0.314 e. The quantitative estimate of drug-likeness (QED) is 0.636. The minimum atomic E-state index is -0.203. The molecule has 88 valence electrons. The molecule has 0 heterocycles. The molecule has 0 aliphatic heterocycles. The predicted octanol–water partition coefficient (Wildman–Crippen LogP) is 0.564. The minimum absolute atomic E-state index is 0.152. The lowest BCUT2D eigenvalue weighted by Crippen LogP contribution is -2.34. The smallest absolute Gasteiger partial charge is 0.314 e. The Morgan fingerprint density at radius 1 is 1.20 bits per heavy atom. The molecule has 0 rings (SSSR count). The molecule has 0 aromatic rings. The van der Waals surface area contributed by atoms with Gasteiger partial charge in [-0.05, 0) is 20.3 Å². The van der Waals surface area contributed by atoms with Gasteiger partial charge >= 0.3 is 6.03 Å². The van der Waals surface area contributed by atoms with Gasteiger partial charge in [-0.15, -0.1) is 0 Å². The number of nitrogens with one attached hydrogen (secondary N) is 2. The molecule has 3 amide bonds. The topological polar surface area (TPSA) is 61.4 Å². The van der Waals surface area contributed by atoms with E-state index in [-0.39, 0.29) is 11.9 Å². The first-order chi connectivity index (χ1) is 7.15. The van der Waals surface area contributed by atoms with Crippen LogP contribution in [0.1, 0.15) is 26.7 Å². The highest BCUT2D eigenvalue weighted by atomic mass is 16.2. The summed E-state index contributed by atoms with van der Waals surface area (Å²) in [6, 6.07) is -0.203. The molecule has 0 saturated heterocycles. The summed E-state index contributed by atoms with van der Waals surface area (Å²) in [5, 5.41) is 5.09. The summed E-state index contributed by atoms with van der Waals surface area (Å²) in [4.78, 5) is 24.1. The molecule has 0 radical (unpaired) electrons. The molecule has 0 aliphatic carbocycles. The highest BCUT2D eigenvalue weighted by molar-refractivity contribution is 5.76. The Kier molecular flexibility index (Phi) is 7.40. The van der Waals surface area contributed by atoms with Crippen LogP contribution in [-0.4, -0.2) is 43.5 Å². The molecular formula is C10H21N3O2. The van der Waals surface area contributed by atoms with Crippen LogP contribution >= 0.6 is 0 Å². The molecule has 0 aromatic heterocycles. The highest BCUT2D eigenvalue weighted by Crippen LogP contribution is 1.96. The van der Waals surface area contributed by atoms with E-state index in [0.717, 1.165) is 13.1 Å². The van der Waals surface area contributed by atoms with E-state index in [9.17, 15) is 9.59 Å². The number of rotatable bonds is 6. The van der Waals surface area contributed by atoms with Crippen molar-refractivity contribution in [3.8, 4) is 0 Å². The van der Waals surface area contributed by atoms with E-state index < -0.39 is 0 Å². The Hall–Kier alpha value is -1.26. The van der Waals surface area contributed by atoms with Crippen molar-refractivity contribution in [2.24, 2.45) is 0 Å². The van der Waals surface area contributed by atoms with E-state index in [0.29, 0.717) is 19.4 Å². The third kappa shape index (κ3) is 5.93. The first-order valence-corrected chi connectivity index (χ1v) is 5.39. The summed E-state index contributed by atoms with van der Waals surface area (Å²) < 4.78 is 0. The predicted molar refractivity (Wildman–Crippen MR) is 59.6 cm³/mol. The molecule has 2 N–H and O–H groups in total. The van der Waals surface area contributed by atoms with Gasteiger partial charge in [-0.2, -0.15) is 0 Å². The van der Waals surface area contributed by atoms with E-state index in [4.69, 9.17) is 0 Å². The lowest BCUT2D eigenvalue weighted by Gasteiger charge is -2.18. The molecule has 0 fully saturated rings. The molecule has 0 unspecified atom stereocenters. The number of urea groups is 1. The Bertz CT molecular complexity index is 203. The average molecular weight is 215 g/mol. The van der Waals surface area contributed by atoms with Crippen molar-refractivity contribution in [1.29, 1.82) is 0 Å². The molecule has 0 atom stereocenters. The summed E-state index contributed by atoms with van der Waals surface area (Å²) in [7, 11) is 1.57. The van der Waals surface area contributed by atoms with Crippen molar-refractivity contribution in [3.63, 3.8) is 0 Å². The van der Waals surface area contributed by atoms with Crippen LogP contribution in [0.5, 0.6) is 0 Å². The lowest BCUT2D eigenvalue weighted by molar-refractivity contribution is -0.130. The molecule has 0 spiro atoms. The fraction of sp³-hybridized carbons (Fsp3) is 0.800. The van der Waals surface area contributed by atoms with Crippen molar-refractivity contribution in [2.45, 2.75) is 26.7 Å². The third-order valence-corrected chi connectivity index (χ3v) is 2.20. The Morgan fingerprint density at radius 3 is 2.27 bits per heavy atom. The zero-order valence-electron chi connectivity index (χ0n) is 9.80. The number of carbonyl (C=O) groups excluding carboxylic acids is 2. The standard InChI is InChI=1S/C10H21N3O2/c1-4-13(5-2)9(14)7-6-8-12-10(15)11-3/h4-8H2,1-3H3,(H2,11,12,15).